The van der Waals surface area contributed by atoms with Gasteiger partial charge in [0.05, 0.1) is 0 Å². The summed E-state index contributed by atoms with van der Waals surface area (Å²) in [5, 5.41) is 0. The molecule has 0 saturated carbocycles. The Morgan fingerprint density at radius 2 is 1.86 bits per heavy atom. The predicted octanol–water partition coefficient (Wildman–Crippen LogP) is 2.11. The summed E-state index contributed by atoms with van der Waals surface area (Å²) in [6, 6.07) is 6.48. The molecular formula is C16H26ClN3O. The average Bonchev–Trinajstić information content (AvgIpc) is 2.41. The van der Waals surface area contributed by atoms with Gasteiger partial charge in [-0.2, -0.15) is 0 Å². The van der Waals surface area contributed by atoms with Crippen molar-refractivity contribution in [1.82, 2.24) is 4.90 Å². The van der Waals surface area contributed by atoms with E-state index in [1.807, 2.05) is 11.8 Å². The highest BCUT2D eigenvalue weighted by atomic mass is 35.5. The van der Waals surface area contributed by atoms with E-state index in [0.717, 1.165) is 26.2 Å². The third-order valence-corrected chi connectivity index (χ3v) is 3.83. The van der Waals surface area contributed by atoms with Gasteiger partial charge in [0, 0.05) is 44.3 Å². The summed E-state index contributed by atoms with van der Waals surface area (Å²) in [5.41, 5.74) is 9.57. The van der Waals surface area contributed by atoms with Crippen LogP contribution in [0.5, 0.6) is 0 Å². The van der Waals surface area contributed by atoms with Crippen molar-refractivity contribution in [3.63, 3.8) is 0 Å². The maximum atomic E-state index is 12.0. The molecule has 0 spiro atoms. The fraction of sp³-hybridized carbons (Fsp3) is 0.562. The van der Waals surface area contributed by atoms with Crippen LogP contribution in [0.1, 0.15) is 24.5 Å². The number of halogens is 1. The lowest BCUT2D eigenvalue weighted by molar-refractivity contribution is -0.131. The van der Waals surface area contributed by atoms with Crippen molar-refractivity contribution in [3.8, 4) is 0 Å². The fourth-order valence-electron chi connectivity index (χ4n) is 2.66. The van der Waals surface area contributed by atoms with E-state index >= 15 is 0 Å². The summed E-state index contributed by atoms with van der Waals surface area (Å²) in [6.45, 7) is 9.51. The Kier molecular flexibility index (Phi) is 6.49. The molecule has 1 amide bonds. The van der Waals surface area contributed by atoms with Gasteiger partial charge in [0.15, 0.2) is 0 Å². The van der Waals surface area contributed by atoms with Crippen molar-refractivity contribution in [2.24, 2.45) is 5.73 Å². The molecule has 4 nitrogen and oxygen atoms in total. The summed E-state index contributed by atoms with van der Waals surface area (Å²) in [5.74, 6) is 0.181. The number of piperazine rings is 1. The highest BCUT2D eigenvalue weighted by Gasteiger charge is 2.22. The van der Waals surface area contributed by atoms with Crippen molar-refractivity contribution in [3.05, 3.63) is 29.3 Å². The van der Waals surface area contributed by atoms with Crippen LogP contribution in [0, 0.1) is 13.8 Å². The Bertz CT molecular complexity index is 482. The normalized spacial score (nSPS) is 16.4. The summed E-state index contributed by atoms with van der Waals surface area (Å²) < 4.78 is 0. The molecule has 118 valence electrons. The second kappa shape index (κ2) is 7.66. The van der Waals surface area contributed by atoms with E-state index in [1.54, 1.807) is 0 Å². The molecule has 0 bridgehead atoms. The zero-order chi connectivity index (χ0) is 14.7. The molecular weight excluding hydrogens is 286 g/mol. The number of aryl methyl sites for hydroxylation is 2. The first kappa shape index (κ1) is 17.8. The lowest BCUT2D eigenvalue weighted by atomic mass is 10.1. The maximum absolute atomic E-state index is 12.0. The molecule has 5 heteroatoms. The summed E-state index contributed by atoms with van der Waals surface area (Å²) in [7, 11) is 0. The predicted molar refractivity (Wildman–Crippen MR) is 90.2 cm³/mol. The fourth-order valence-corrected chi connectivity index (χ4v) is 2.66. The molecule has 0 aliphatic carbocycles. The number of carbonyl (C=O) groups excluding carboxylic acids is 1. The standard InChI is InChI=1S/C16H25N3O.ClH/c1-12-4-5-13(2)15(10-12)18-6-8-19(9-7-18)16(20)11-14(3)17;/h4-5,10,14H,6-9,11,17H2,1-3H3;1H. The molecule has 1 aliphatic heterocycles. The molecule has 1 heterocycles. The number of nitrogens with zero attached hydrogens (tertiary/aromatic N) is 2. The summed E-state index contributed by atoms with van der Waals surface area (Å²) in [4.78, 5) is 16.3. The minimum absolute atomic E-state index is 0. The summed E-state index contributed by atoms with van der Waals surface area (Å²) >= 11 is 0. The molecule has 1 atom stereocenters. The Hall–Kier alpha value is -1.26. The third kappa shape index (κ3) is 4.61. The van der Waals surface area contributed by atoms with E-state index in [9.17, 15) is 4.79 Å². The first-order valence-electron chi connectivity index (χ1n) is 7.33. The molecule has 1 unspecified atom stereocenters. The van der Waals surface area contributed by atoms with Crippen LogP contribution in [0.4, 0.5) is 5.69 Å². The van der Waals surface area contributed by atoms with Gasteiger partial charge in [-0.25, -0.2) is 0 Å². The van der Waals surface area contributed by atoms with Crippen molar-refractivity contribution >= 4 is 24.0 Å². The van der Waals surface area contributed by atoms with E-state index in [2.05, 4.69) is 36.9 Å². The Morgan fingerprint density at radius 1 is 1.24 bits per heavy atom. The van der Waals surface area contributed by atoms with Crippen LogP contribution in [0.15, 0.2) is 18.2 Å². The topological polar surface area (TPSA) is 49.6 Å². The van der Waals surface area contributed by atoms with E-state index in [1.165, 1.54) is 16.8 Å². The highest BCUT2D eigenvalue weighted by Crippen LogP contribution is 2.22. The molecule has 1 aromatic carbocycles. The molecule has 1 aromatic rings. The van der Waals surface area contributed by atoms with Crippen LogP contribution in [-0.2, 0) is 4.79 Å². The van der Waals surface area contributed by atoms with Gasteiger partial charge < -0.3 is 15.5 Å². The maximum Gasteiger partial charge on any atom is 0.224 e. The van der Waals surface area contributed by atoms with Crippen molar-refractivity contribution in [1.29, 1.82) is 0 Å². The average molecular weight is 312 g/mol. The zero-order valence-corrected chi connectivity index (χ0v) is 13.9. The molecule has 21 heavy (non-hydrogen) atoms. The van der Waals surface area contributed by atoms with Gasteiger partial charge in [-0.05, 0) is 38.0 Å². The molecule has 0 aromatic heterocycles. The van der Waals surface area contributed by atoms with Crippen molar-refractivity contribution in [2.45, 2.75) is 33.2 Å². The quantitative estimate of drug-likeness (QED) is 0.930. The second-order valence-corrected chi connectivity index (χ2v) is 5.84. The van der Waals surface area contributed by atoms with Gasteiger partial charge in [-0.1, -0.05) is 12.1 Å². The number of amides is 1. The second-order valence-electron chi connectivity index (χ2n) is 5.84. The largest absolute Gasteiger partial charge is 0.368 e. The first-order valence-corrected chi connectivity index (χ1v) is 7.33. The van der Waals surface area contributed by atoms with Crippen LogP contribution < -0.4 is 10.6 Å². The lowest BCUT2D eigenvalue weighted by Crippen LogP contribution is -2.49. The number of benzene rings is 1. The monoisotopic (exact) mass is 311 g/mol. The van der Waals surface area contributed by atoms with Gasteiger partial charge in [-0.3, -0.25) is 4.79 Å². The number of anilines is 1. The van der Waals surface area contributed by atoms with Crippen LogP contribution >= 0.6 is 12.4 Å². The molecule has 1 aliphatic rings. The minimum atomic E-state index is -0.0560. The number of hydrogen-bond acceptors (Lipinski definition) is 3. The Labute approximate surface area is 133 Å². The minimum Gasteiger partial charge on any atom is -0.368 e. The summed E-state index contributed by atoms with van der Waals surface area (Å²) in [6.07, 6.45) is 0.448. The van der Waals surface area contributed by atoms with E-state index < -0.39 is 0 Å². The van der Waals surface area contributed by atoms with Crippen molar-refractivity contribution in [2.75, 3.05) is 31.1 Å². The molecule has 2 N–H and O–H groups in total. The van der Waals surface area contributed by atoms with Gasteiger partial charge in [0.1, 0.15) is 0 Å². The zero-order valence-electron chi connectivity index (χ0n) is 13.1. The highest BCUT2D eigenvalue weighted by molar-refractivity contribution is 5.85. The third-order valence-electron chi connectivity index (χ3n) is 3.83. The van der Waals surface area contributed by atoms with E-state index in [0.29, 0.717) is 6.42 Å². The van der Waals surface area contributed by atoms with Gasteiger partial charge in [0.25, 0.3) is 0 Å². The lowest BCUT2D eigenvalue weighted by Gasteiger charge is -2.37. The van der Waals surface area contributed by atoms with Gasteiger partial charge in [0.2, 0.25) is 5.91 Å². The van der Waals surface area contributed by atoms with E-state index in [-0.39, 0.29) is 24.4 Å². The first-order chi connectivity index (χ1) is 9.47. The van der Waals surface area contributed by atoms with Gasteiger partial charge >= 0.3 is 0 Å². The van der Waals surface area contributed by atoms with Crippen LogP contribution in [0.3, 0.4) is 0 Å². The number of carbonyl (C=O) groups is 1. The SMILES string of the molecule is Cc1ccc(C)c(N2CCN(C(=O)CC(C)N)CC2)c1.Cl. The van der Waals surface area contributed by atoms with Crippen LogP contribution in [-0.4, -0.2) is 43.0 Å². The molecule has 1 fully saturated rings. The number of rotatable bonds is 3. The Balaban J connectivity index is 0.00000220. The van der Waals surface area contributed by atoms with E-state index in [4.69, 9.17) is 5.73 Å². The Morgan fingerprint density at radius 3 is 2.43 bits per heavy atom. The molecule has 1 saturated heterocycles. The molecule has 2 rings (SSSR count). The van der Waals surface area contributed by atoms with Crippen LogP contribution in [0.25, 0.3) is 0 Å². The van der Waals surface area contributed by atoms with Crippen molar-refractivity contribution < 1.29 is 4.79 Å². The number of nitrogens with two attached hydrogens (primary N) is 1. The smallest absolute Gasteiger partial charge is 0.224 e. The molecule has 0 radical (unpaired) electrons. The van der Waals surface area contributed by atoms with Gasteiger partial charge in [-0.15, -0.1) is 12.4 Å². The number of hydrogen-bond donors (Lipinski definition) is 1. The van der Waals surface area contributed by atoms with Crippen LogP contribution in [0.2, 0.25) is 0 Å².